The first-order valence-corrected chi connectivity index (χ1v) is 7.98. The quantitative estimate of drug-likeness (QED) is 0.777. The van der Waals surface area contributed by atoms with Gasteiger partial charge in [-0.3, -0.25) is 4.79 Å². The number of benzene rings is 2. The van der Waals surface area contributed by atoms with Gasteiger partial charge in [0.05, 0.1) is 24.1 Å². The number of carbonyl (C=O) groups excluding carboxylic acids is 1. The summed E-state index contributed by atoms with van der Waals surface area (Å²) < 4.78 is 10.6. The van der Waals surface area contributed by atoms with Gasteiger partial charge < -0.3 is 9.47 Å². The number of nitrogens with zero attached hydrogens (tertiary/aromatic N) is 3. The van der Waals surface area contributed by atoms with E-state index in [2.05, 4.69) is 5.10 Å². The molecular weight excluding hydrogens is 330 g/mol. The molecule has 2 aromatic carbocycles. The summed E-state index contributed by atoms with van der Waals surface area (Å²) in [6.07, 6.45) is 1.76. The summed E-state index contributed by atoms with van der Waals surface area (Å²) in [5.41, 5.74) is 2.65. The van der Waals surface area contributed by atoms with Gasteiger partial charge in [-0.2, -0.15) is 15.4 Å². The second kappa shape index (κ2) is 7.53. The summed E-state index contributed by atoms with van der Waals surface area (Å²) in [6.45, 7) is 1.74. The molecule has 0 saturated heterocycles. The van der Waals surface area contributed by atoms with Crippen molar-refractivity contribution in [2.75, 3.05) is 18.7 Å². The van der Waals surface area contributed by atoms with Crippen molar-refractivity contribution in [1.82, 2.24) is 0 Å². The normalized spacial score (nSPS) is 15.0. The second-order valence-electron chi connectivity index (χ2n) is 5.55. The number of para-hydroxylation sites is 1. The van der Waals surface area contributed by atoms with Gasteiger partial charge in [0.15, 0.2) is 18.1 Å². The lowest BCUT2D eigenvalue weighted by Gasteiger charge is -2.11. The summed E-state index contributed by atoms with van der Waals surface area (Å²) in [5.74, 6) is 0.789. The van der Waals surface area contributed by atoms with E-state index >= 15 is 0 Å². The van der Waals surface area contributed by atoms with Gasteiger partial charge in [-0.1, -0.05) is 24.3 Å². The van der Waals surface area contributed by atoms with Gasteiger partial charge in [-0.05, 0) is 42.8 Å². The first kappa shape index (κ1) is 17.2. The maximum Gasteiger partial charge on any atom is 0.280 e. The molecule has 1 aliphatic rings. The lowest BCUT2D eigenvalue weighted by molar-refractivity contribution is -0.114. The highest BCUT2D eigenvalue weighted by Crippen LogP contribution is 2.30. The molecule has 0 atom stereocenters. The van der Waals surface area contributed by atoms with Crippen LogP contribution >= 0.6 is 0 Å². The molecule has 0 radical (unpaired) electrons. The molecule has 26 heavy (non-hydrogen) atoms. The van der Waals surface area contributed by atoms with E-state index in [-0.39, 0.29) is 12.5 Å². The smallest absolute Gasteiger partial charge is 0.280 e. The van der Waals surface area contributed by atoms with Crippen LogP contribution in [0.5, 0.6) is 11.5 Å². The van der Waals surface area contributed by atoms with Crippen LogP contribution in [0.25, 0.3) is 6.08 Å². The number of hydrogen-bond acceptors (Lipinski definition) is 5. The highest BCUT2D eigenvalue weighted by molar-refractivity contribution is 6.32. The van der Waals surface area contributed by atoms with Crippen molar-refractivity contribution in [2.45, 2.75) is 6.92 Å². The van der Waals surface area contributed by atoms with Crippen LogP contribution in [-0.4, -0.2) is 25.3 Å². The van der Waals surface area contributed by atoms with Crippen LogP contribution in [0.1, 0.15) is 12.5 Å². The van der Waals surface area contributed by atoms with Crippen molar-refractivity contribution < 1.29 is 14.3 Å². The summed E-state index contributed by atoms with van der Waals surface area (Å²) in [4.78, 5) is 12.7. The lowest BCUT2D eigenvalue weighted by Crippen LogP contribution is -2.21. The predicted molar refractivity (Wildman–Crippen MR) is 99.1 cm³/mol. The Morgan fingerprint density at radius 2 is 1.96 bits per heavy atom. The molecule has 0 bridgehead atoms. The molecule has 130 valence electrons. The third kappa shape index (κ3) is 3.42. The van der Waals surface area contributed by atoms with Crippen LogP contribution in [0, 0.1) is 11.3 Å². The maximum atomic E-state index is 12.7. The molecule has 0 aliphatic carbocycles. The van der Waals surface area contributed by atoms with Crippen LogP contribution < -0.4 is 14.5 Å². The van der Waals surface area contributed by atoms with E-state index in [0.717, 1.165) is 11.3 Å². The molecule has 0 saturated carbocycles. The van der Waals surface area contributed by atoms with Gasteiger partial charge in [0.25, 0.3) is 5.91 Å². The van der Waals surface area contributed by atoms with E-state index in [9.17, 15) is 4.79 Å². The minimum Gasteiger partial charge on any atom is -0.493 e. The van der Waals surface area contributed by atoms with Gasteiger partial charge >= 0.3 is 0 Å². The predicted octanol–water partition coefficient (Wildman–Crippen LogP) is 3.40. The van der Waals surface area contributed by atoms with E-state index in [1.807, 2.05) is 36.4 Å². The van der Waals surface area contributed by atoms with Gasteiger partial charge in [-0.15, -0.1) is 0 Å². The Balaban J connectivity index is 1.89. The van der Waals surface area contributed by atoms with E-state index in [4.69, 9.17) is 14.7 Å². The Hall–Kier alpha value is -3.59. The van der Waals surface area contributed by atoms with Crippen molar-refractivity contribution in [3.05, 3.63) is 59.7 Å². The summed E-state index contributed by atoms with van der Waals surface area (Å²) in [5, 5.41) is 14.4. The highest BCUT2D eigenvalue weighted by atomic mass is 16.5. The zero-order chi connectivity index (χ0) is 18.5. The molecule has 3 rings (SSSR count). The maximum absolute atomic E-state index is 12.7. The highest BCUT2D eigenvalue weighted by Gasteiger charge is 2.28. The molecule has 0 fully saturated rings. The number of anilines is 1. The minimum atomic E-state index is -0.183. The number of methoxy groups -OCH3 is 1. The third-order valence-electron chi connectivity index (χ3n) is 3.85. The molecule has 0 N–H and O–H groups in total. The van der Waals surface area contributed by atoms with Gasteiger partial charge in [0, 0.05) is 0 Å². The number of hydrogen-bond donors (Lipinski definition) is 0. The van der Waals surface area contributed by atoms with Crippen LogP contribution in [0.15, 0.2) is 59.2 Å². The SMILES string of the molecule is COc1cc(C=C2C(=O)N(c3ccccc3)N=C2C)ccc1OCC#N. The largest absolute Gasteiger partial charge is 0.493 e. The van der Waals surface area contributed by atoms with Crippen LogP contribution in [0.4, 0.5) is 5.69 Å². The molecule has 1 amide bonds. The Kier molecular flexibility index (Phi) is 4.99. The standard InChI is InChI=1S/C20H17N3O3/c1-14-17(20(24)23(22-14)16-6-4-3-5-7-16)12-15-8-9-18(26-11-10-21)19(13-15)25-2/h3-9,12-13H,11H2,1-2H3. The molecular formula is C20H17N3O3. The van der Waals surface area contributed by atoms with Crippen molar-refractivity contribution in [2.24, 2.45) is 5.10 Å². The van der Waals surface area contributed by atoms with E-state index < -0.39 is 0 Å². The molecule has 0 spiro atoms. The molecule has 0 aromatic heterocycles. The monoisotopic (exact) mass is 347 g/mol. The number of hydrazone groups is 1. The Labute approximate surface area is 151 Å². The summed E-state index contributed by atoms with van der Waals surface area (Å²) in [7, 11) is 1.52. The zero-order valence-corrected chi connectivity index (χ0v) is 14.5. The van der Waals surface area contributed by atoms with Crippen LogP contribution in [0.3, 0.4) is 0 Å². The van der Waals surface area contributed by atoms with E-state index in [1.54, 1.807) is 31.2 Å². The van der Waals surface area contributed by atoms with E-state index in [0.29, 0.717) is 22.8 Å². The fourth-order valence-corrected chi connectivity index (χ4v) is 2.60. The fourth-order valence-electron chi connectivity index (χ4n) is 2.60. The van der Waals surface area contributed by atoms with Crippen LogP contribution in [0.2, 0.25) is 0 Å². The Morgan fingerprint density at radius 3 is 2.65 bits per heavy atom. The van der Waals surface area contributed by atoms with Gasteiger partial charge in [0.2, 0.25) is 0 Å². The van der Waals surface area contributed by atoms with E-state index in [1.165, 1.54) is 12.1 Å². The number of nitriles is 1. The zero-order valence-electron chi connectivity index (χ0n) is 14.5. The van der Waals surface area contributed by atoms with Crippen LogP contribution in [-0.2, 0) is 4.79 Å². The molecule has 0 unspecified atom stereocenters. The Morgan fingerprint density at radius 1 is 1.19 bits per heavy atom. The molecule has 1 aliphatic heterocycles. The van der Waals surface area contributed by atoms with Gasteiger partial charge in [0.1, 0.15) is 6.07 Å². The van der Waals surface area contributed by atoms with Crippen molar-refractivity contribution in [3.8, 4) is 17.6 Å². The number of carbonyl (C=O) groups is 1. The molecule has 1 heterocycles. The topological polar surface area (TPSA) is 74.9 Å². The van der Waals surface area contributed by atoms with Crippen molar-refractivity contribution >= 4 is 23.4 Å². The average Bonchev–Trinajstić information content (AvgIpc) is 2.95. The summed E-state index contributed by atoms with van der Waals surface area (Å²) in [6, 6.07) is 16.5. The lowest BCUT2D eigenvalue weighted by atomic mass is 10.1. The summed E-state index contributed by atoms with van der Waals surface area (Å²) >= 11 is 0. The third-order valence-corrected chi connectivity index (χ3v) is 3.85. The molecule has 2 aromatic rings. The number of rotatable bonds is 5. The first-order valence-electron chi connectivity index (χ1n) is 7.98. The minimum absolute atomic E-state index is 0.0624. The first-order chi connectivity index (χ1) is 12.6. The van der Waals surface area contributed by atoms with Crippen molar-refractivity contribution in [1.29, 1.82) is 5.26 Å². The fraction of sp³-hybridized carbons (Fsp3) is 0.150. The molecule has 6 nitrogen and oxygen atoms in total. The number of amides is 1. The second-order valence-corrected chi connectivity index (χ2v) is 5.55. The molecule has 6 heteroatoms. The Bertz CT molecular complexity index is 927. The average molecular weight is 347 g/mol. The number of ether oxygens (including phenoxy) is 2. The van der Waals surface area contributed by atoms with Crippen molar-refractivity contribution in [3.63, 3.8) is 0 Å². The van der Waals surface area contributed by atoms with Gasteiger partial charge in [-0.25, -0.2) is 0 Å².